The van der Waals surface area contributed by atoms with E-state index in [1.54, 1.807) is 0 Å². The maximum absolute atomic E-state index is 6.23. The van der Waals surface area contributed by atoms with E-state index >= 15 is 0 Å². The monoisotopic (exact) mass is 330 g/mol. The van der Waals surface area contributed by atoms with Gasteiger partial charge in [-0.1, -0.05) is 25.1 Å². The third-order valence-electron chi connectivity index (χ3n) is 4.55. The van der Waals surface area contributed by atoms with Crippen molar-refractivity contribution in [2.75, 3.05) is 31.6 Å². The van der Waals surface area contributed by atoms with Crippen molar-refractivity contribution >= 4 is 23.2 Å². The second-order valence-electron chi connectivity index (χ2n) is 6.35. The predicted molar refractivity (Wildman–Crippen MR) is 83.4 cm³/mol. The summed E-state index contributed by atoms with van der Waals surface area (Å²) in [6, 6.07) is 9.76. The highest BCUT2D eigenvalue weighted by molar-refractivity contribution is 6.18. The standard InChI is InChI=1S/C16H20Cl2O3/c1-15(7-17)9-20-13(15)14-16(8-18,11-21-14)10-19-12-5-3-2-4-6-12/h2-6,13-14H,7-11H2,1H3. The summed E-state index contributed by atoms with van der Waals surface area (Å²) in [5.74, 6) is 1.90. The molecular formula is C16H20Cl2O3. The number of para-hydroxylation sites is 1. The average Bonchev–Trinajstić information content (AvgIpc) is 2.51. The minimum atomic E-state index is -0.199. The van der Waals surface area contributed by atoms with Gasteiger partial charge in [-0.25, -0.2) is 0 Å². The first-order chi connectivity index (χ1) is 10.1. The van der Waals surface area contributed by atoms with E-state index in [9.17, 15) is 0 Å². The van der Waals surface area contributed by atoms with Crippen LogP contribution in [0.5, 0.6) is 5.75 Å². The van der Waals surface area contributed by atoms with Gasteiger partial charge in [0.1, 0.15) is 5.75 Å². The molecule has 0 aliphatic carbocycles. The zero-order chi connectivity index (χ0) is 14.9. The zero-order valence-electron chi connectivity index (χ0n) is 12.1. The Morgan fingerprint density at radius 3 is 2.29 bits per heavy atom. The lowest BCUT2D eigenvalue weighted by atomic mass is 9.68. The van der Waals surface area contributed by atoms with E-state index in [1.165, 1.54) is 0 Å². The summed E-state index contributed by atoms with van der Waals surface area (Å²) in [5.41, 5.74) is -0.230. The largest absolute Gasteiger partial charge is 0.493 e. The normalized spacial score (nSPS) is 38.4. The Morgan fingerprint density at radius 1 is 1.10 bits per heavy atom. The molecule has 0 saturated carbocycles. The minimum absolute atomic E-state index is 0.00173. The highest BCUT2D eigenvalue weighted by Crippen LogP contribution is 2.49. The molecule has 3 nitrogen and oxygen atoms in total. The van der Waals surface area contributed by atoms with E-state index < -0.39 is 0 Å². The third-order valence-corrected chi connectivity index (χ3v) is 5.69. The molecule has 4 atom stereocenters. The fraction of sp³-hybridized carbons (Fsp3) is 0.625. The Hall–Kier alpha value is -0.480. The molecule has 1 aromatic rings. The lowest BCUT2D eigenvalue weighted by molar-refractivity contribution is -0.304. The highest BCUT2D eigenvalue weighted by Gasteiger charge is 2.60. The number of alkyl halides is 2. The number of halogens is 2. The van der Waals surface area contributed by atoms with Crippen LogP contribution in [0.4, 0.5) is 0 Å². The van der Waals surface area contributed by atoms with Crippen molar-refractivity contribution in [3.05, 3.63) is 30.3 Å². The van der Waals surface area contributed by atoms with E-state index in [-0.39, 0.29) is 23.0 Å². The molecule has 0 aromatic heterocycles. The van der Waals surface area contributed by atoms with Crippen molar-refractivity contribution in [2.24, 2.45) is 10.8 Å². The SMILES string of the molecule is CC1(CCl)COC1C1OCC1(CCl)COc1ccccc1. The molecule has 2 aliphatic rings. The molecule has 2 fully saturated rings. The van der Waals surface area contributed by atoms with Gasteiger partial charge in [-0.15, -0.1) is 23.2 Å². The van der Waals surface area contributed by atoms with E-state index in [2.05, 4.69) is 6.92 Å². The Morgan fingerprint density at radius 2 is 1.81 bits per heavy atom. The van der Waals surface area contributed by atoms with Crippen LogP contribution >= 0.6 is 23.2 Å². The first-order valence-electron chi connectivity index (χ1n) is 7.17. The summed E-state index contributed by atoms with van der Waals surface area (Å²) < 4.78 is 17.4. The lowest BCUT2D eigenvalue weighted by Gasteiger charge is -2.58. The summed E-state index contributed by atoms with van der Waals surface area (Å²) in [6.45, 7) is 3.95. The van der Waals surface area contributed by atoms with Crippen LogP contribution in [-0.4, -0.2) is 43.8 Å². The van der Waals surface area contributed by atoms with Crippen LogP contribution in [0.3, 0.4) is 0 Å². The van der Waals surface area contributed by atoms with Gasteiger partial charge in [0, 0.05) is 17.2 Å². The first-order valence-corrected chi connectivity index (χ1v) is 8.23. The second-order valence-corrected chi connectivity index (χ2v) is 6.88. The van der Waals surface area contributed by atoms with Crippen LogP contribution in [-0.2, 0) is 9.47 Å². The summed E-state index contributed by atoms with van der Waals surface area (Å²) in [4.78, 5) is 0. The van der Waals surface area contributed by atoms with Crippen molar-refractivity contribution in [1.82, 2.24) is 0 Å². The first kappa shape index (κ1) is 15.4. The second kappa shape index (κ2) is 5.96. The Balaban J connectivity index is 1.66. The maximum atomic E-state index is 6.23. The van der Waals surface area contributed by atoms with Gasteiger partial charge in [0.25, 0.3) is 0 Å². The number of benzene rings is 1. The van der Waals surface area contributed by atoms with Crippen LogP contribution in [0, 0.1) is 10.8 Å². The fourth-order valence-electron chi connectivity index (χ4n) is 2.88. The van der Waals surface area contributed by atoms with Gasteiger partial charge in [0.05, 0.1) is 37.4 Å². The molecule has 2 aliphatic heterocycles. The van der Waals surface area contributed by atoms with Crippen molar-refractivity contribution < 1.29 is 14.2 Å². The Bertz CT molecular complexity index is 476. The molecule has 0 N–H and O–H groups in total. The molecular weight excluding hydrogens is 311 g/mol. The smallest absolute Gasteiger partial charge is 0.119 e. The number of hydrogen-bond acceptors (Lipinski definition) is 3. The van der Waals surface area contributed by atoms with E-state index in [1.807, 2.05) is 30.3 Å². The van der Waals surface area contributed by atoms with Crippen molar-refractivity contribution in [3.63, 3.8) is 0 Å². The van der Waals surface area contributed by atoms with Crippen LogP contribution in [0.2, 0.25) is 0 Å². The summed E-state index contributed by atoms with van der Waals surface area (Å²) in [6.07, 6.45) is -0.0434. The Kier molecular flexibility index (Phi) is 4.37. The molecule has 2 heterocycles. The van der Waals surface area contributed by atoms with Crippen LogP contribution in [0.25, 0.3) is 0 Å². The summed E-state index contributed by atoms with van der Waals surface area (Å²) in [7, 11) is 0. The topological polar surface area (TPSA) is 27.7 Å². The zero-order valence-corrected chi connectivity index (χ0v) is 13.6. The van der Waals surface area contributed by atoms with E-state index in [0.717, 1.165) is 5.75 Å². The van der Waals surface area contributed by atoms with E-state index in [4.69, 9.17) is 37.4 Å². The van der Waals surface area contributed by atoms with Gasteiger partial charge >= 0.3 is 0 Å². The lowest BCUT2D eigenvalue weighted by Crippen LogP contribution is -2.70. The van der Waals surface area contributed by atoms with Gasteiger partial charge < -0.3 is 14.2 Å². The van der Waals surface area contributed by atoms with Crippen LogP contribution in [0.15, 0.2) is 30.3 Å². The predicted octanol–water partition coefficient (Wildman–Crippen LogP) is 3.33. The molecule has 0 radical (unpaired) electrons. The molecule has 116 valence electrons. The highest BCUT2D eigenvalue weighted by atomic mass is 35.5. The minimum Gasteiger partial charge on any atom is -0.493 e. The van der Waals surface area contributed by atoms with Crippen LogP contribution < -0.4 is 4.74 Å². The molecule has 4 unspecified atom stereocenters. The molecule has 1 aromatic carbocycles. The molecule has 0 amide bonds. The summed E-state index contributed by atoms with van der Waals surface area (Å²) in [5, 5.41) is 0. The fourth-order valence-corrected chi connectivity index (χ4v) is 3.41. The van der Waals surface area contributed by atoms with Gasteiger partial charge in [0.2, 0.25) is 0 Å². The number of rotatable bonds is 6. The number of hydrogen-bond donors (Lipinski definition) is 0. The molecule has 3 rings (SSSR count). The van der Waals surface area contributed by atoms with Gasteiger partial charge in [-0.2, -0.15) is 0 Å². The van der Waals surface area contributed by atoms with Gasteiger partial charge in [-0.3, -0.25) is 0 Å². The quantitative estimate of drug-likeness (QED) is 0.749. The van der Waals surface area contributed by atoms with Crippen molar-refractivity contribution in [1.29, 1.82) is 0 Å². The van der Waals surface area contributed by atoms with Crippen molar-refractivity contribution in [3.8, 4) is 5.75 Å². The summed E-state index contributed by atoms with van der Waals surface area (Å²) >= 11 is 12.3. The molecule has 2 saturated heterocycles. The average molecular weight is 331 g/mol. The van der Waals surface area contributed by atoms with E-state index in [0.29, 0.717) is 31.6 Å². The van der Waals surface area contributed by atoms with Crippen LogP contribution in [0.1, 0.15) is 6.92 Å². The molecule has 0 spiro atoms. The number of ether oxygens (including phenoxy) is 3. The maximum Gasteiger partial charge on any atom is 0.119 e. The van der Waals surface area contributed by atoms with Gasteiger partial charge in [-0.05, 0) is 12.1 Å². The van der Waals surface area contributed by atoms with Gasteiger partial charge in [0.15, 0.2) is 0 Å². The molecule has 0 bridgehead atoms. The molecule has 5 heteroatoms. The third kappa shape index (κ3) is 2.65. The Labute approximate surface area is 135 Å². The molecule has 21 heavy (non-hydrogen) atoms. The van der Waals surface area contributed by atoms with Crippen molar-refractivity contribution in [2.45, 2.75) is 19.1 Å².